The lowest BCUT2D eigenvalue weighted by molar-refractivity contribution is 0.0959. The molecule has 1 aliphatic heterocycles. The molecule has 5 heteroatoms. The van der Waals surface area contributed by atoms with Gasteiger partial charge >= 0.3 is 0 Å². The molecule has 3 aromatic rings. The smallest absolute Gasteiger partial charge is 0.211 e. The van der Waals surface area contributed by atoms with Crippen LogP contribution in [-0.4, -0.2) is 36.9 Å². The van der Waals surface area contributed by atoms with Crippen LogP contribution in [0.25, 0.3) is 11.0 Å². The topological polar surface area (TPSA) is 45.5 Å². The molecule has 1 N–H and O–H groups in total. The molecule has 1 unspecified atom stereocenters. The Hall–Kier alpha value is -2.14. The molecular formula is C23H25ClN2O2. The largest absolute Gasteiger partial charge is 0.453 e. The first-order valence-corrected chi connectivity index (χ1v) is 10.3. The number of carbonyl (C=O) groups is 1. The number of carbonyl (C=O) groups excluding carboxylic acids is 1. The predicted molar refractivity (Wildman–Crippen MR) is 113 cm³/mol. The van der Waals surface area contributed by atoms with Gasteiger partial charge in [-0.1, -0.05) is 54.4 Å². The van der Waals surface area contributed by atoms with Crippen LogP contribution in [0.15, 0.2) is 59.0 Å². The first-order valence-electron chi connectivity index (χ1n) is 9.93. The number of benzene rings is 2. The van der Waals surface area contributed by atoms with Gasteiger partial charge in [0.25, 0.3) is 0 Å². The van der Waals surface area contributed by atoms with Gasteiger partial charge in [-0.05, 0) is 49.7 Å². The number of fused-ring (bicyclic) bond motifs is 1. The maximum atomic E-state index is 12.6. The third kappa shape index (κ3) is 4.30. The summed E-state index contributed by atoms with van der Waals surface area (Å²) in [6.45, 7) is 3.05. The Morgan fingerprint density at radius 3 is 2.61 bits per heavy atom. The molecule has 0 bridgehead atoms. The van der Waals surface area contributed by atoms with Gasteiger partial charge < -0.3 is 9.73 Å². The highest BCUT2D eigenvalue weighted by atomic mass is 35.5. The van der Waals surface area contributed by atoms with E-state index in [0.717, 1.165) is 34.6 Å². The van der Waals surface area contributed by atoms with Crippen molar-refractivity contribution in [1.82, 2.24) is 10.2 Å². The molecule has 28 heavy (non-hydrogen) atoms. The number of furan rings is 1. The van der Waals surface area contributed by atoms with E-state index in [0.29, 0.717) is 12.3 Å². The van der Waals surface area contributed by atoms with Gasteiger partial charge in [-0.25, -0.2) is 0 Å². The van der Waals surface area contributed by atoms with E-state index in [2.05, 4.69) is 16.3 Å². The van der Waals surface area contributed by atoms with Gasteiger partial charge in [-0.15, -0.1) is 0 Å². The highest BCUT2D eigenvalue weighted by molar-refractivity contribution is 6.31. The highest BCUT2D eigenvalue weighted by Crippen LogP contribution is 2.29. The third-order valence-electron chi connectivity index (χ3n) is 5.42. The Bertz CT molecular complexity index is 913. The zero-order valence-corrected chi connectivity index (χ0v) is 16.6. The molecule has 4 nitrogen and oxygen atoms in total. The van der Waals surface area contributed by atoms with Crippen LogP contribution >= 0.6 is 11.6 Å². The summed E-state index contributed by atoms with van der Waals surface area (Å²) >= 11 is 6.48. The summed E-state index contributed by atoms with van der Waals surface area (Å²) in [5, 5.41) is 5.07. The van der Waals surface area contributed by atoms with Crippen LogP contribution in [0.3, 0.4) is 0 Å². The normalized spacial score (nSPS) is 16.3. The Balaban J connectivity index is 1.43. The lowest BCUT2D eigenvalue weighted by Crippen LogP contribution is -2.40. The quantitative estimate of drug-likeness (QED) is 0.565. The second-order valence-corrected chi connectivity index (χ2v) is 7.74. The summed E-state index contributed by atoms with van der Waals surface area (Å²) in [6.07, 6.45) is 3.70. The summed E-state index contributed by atoms with van der Waals surface area (Å²) in [4.78, 5) is 15.1. The number of hydrogen-bond donors (Lipinski definition) is 1. The van der Waals surface area contributed by atoms with Crippen LogP contribution < -0.4 is 5.32 Å². The maximum Gasteiger partial charge on any atom is 0.211 e. The van der Waals surface area contributed by atoms with Crippen LogP contribution in [0.1, 0.15) is 41.4 Å². The van der Waals surface area contributed by atoms with Crippen molar-refractivity contribution in [2.75, 3.05) is 26.2 Å². The average Bonchev–Trinajstić information content (AvgIpc) is 3.17. The van der Waals surface area contributed by atoms with Crippen molar-refractivity contribution in [3.63, 3.8) is 0 Å². The molecule has 0 saturated carbocycles. The van der Waals surface area contributed by atoms with Gasteiger partial charge in [0.15, 0.2) is 5.76 Å². The monoisotopic (exact) mass is 396 g/mol. The Labute approximate surface area is 170 Å². The fourth-order valence-electron chi connectivity index (χ4n) is 3.94. The highest BCUT2D eigenvalue weighted by Gasteiger charge is 2.24. The summed E-state index contributed by atoms with van der Waals surface area (Å²) < 4.78 is 5.69. The third-order valence-corrected chi connectivity index (χ3v) is 5.76. The lowest BCUT2D eigenvalue weighted by Gasteiger charge is -2.35. The molecule has 1 saturated heterocycles. The van der Waals surface area contributed by atoms with Crippen LogP contribution in [-0.2, 0) is 0 Å². The Morgan fingerprint density at radius 2 is 1.82 bits per heavy atom. The number of likely N-dealkylation sites (tertiary alicyclic amines) is 1. The Kier molecular flexibility index (Phi) is 6.10. The molecule has 1 fully saturated rings. The molecule has 1 aromatic heterocycles. The maximum absolute atomic E-state index is 12.6. The van der Waals surface area contributed by atoms with Crippen LogP contribution in [0.4, 0.5) is 0 Å². The molecule has 4 rings (SSSR count). The predicted octanol–water partition coefficient (Wildman–Crippen LogP) is 5.09. The van der Waals surface area contributed by atoms with Crippen molar-refractivity contribution in [3.05, 3.63) is 70.9 Å². The number of halogens is 1. The zero-order valence-electron chi connectivity index (χ0n) is 15.9. The minimum Gasteiger partial charge on any atom is -0.453 e. The average molecular weight is 397 g/mol. The SMILES string of the molecule is O=C(CNCC(c1ccccc1Cl)N1CCCCC1)c1cc2ccccc2o1. The van der Waals surface area contributed by atoms with Gasteiger partial charge in [-0.2, -0.15) is 0 Å². The van der Waals surface area contributed by atoms with Crippen molar-refractivity contribution >= 4 is 28.4 Å². The molecule has 0 amide bonds. The van der Waals surface area contributed by atoms with E-state index in [1.54, 1.807) is 0 Å². The van der Waals surface area contributed by atoms with E-state index < -0.39 is 0 Å². The van der Waals surface area contributed by atoms with E-state index in [9.17, 15) is 4.79 Å². The molecule has 0 radical (unpaired) electrons. The fourth-order valence-corrected chi connectivity index (χ4v) is 4.20. The fraction of sp³-hybridized carbons (Fsp3) is 0.348. The van der Waals surface area contributed by atoms with E-state index >= 15 is 0 Å². The number of Topliss-reactive ketones (excluding diaryl/α,β-unsaturated/α-hetero) is 1. The van der Waals surface area contributed by atoms with Crippen molar-refractivity contribution in [1.29, 1.82) is 0 Å². The lowest BCUT2D eigenvalue weighted by atomic mass is 10.0. The van der Waals surface area contributed by atoms with Crippen molar-refractivity contribution < 1.29 is 9.21 Å². The summed E-state index contributed by atoms with van der Waals surface area (Å²) in [6, 6.07) is 17.7. The Morgan fingerprint density at radius 1 is 1.07 bits per heavy atom. The van der Waals surface area contributed by atoms with Crippen LogP contribution in [0.2, 0.25) is 5.02 Å². The van der Waals surface area contributed by atoms with Gasteiger partial charge in [0.05, 0.1) is 6.54 Å². The van der Waals surface area contributed by atoms with Gasteiger partial charge in [0, 0.05) is 23.0 Å². The van der Waals surface area contributed by atoms with E-state index in [-0.39, 0.29) is 18.4 Å². The first kappa shape index (κ1) is 19.2. The standard InChI is InChI=1S/C23H25ClN2O2/c24-19-10-4-3-9-18(19)20(26-12-6-1-7-13-26)15-25-16-21(27)23-14-17-8-2-5-11-22(17)28-23/h2-5,8-11,14,20,25H,1,6-7,12-13,15-16H2. The molecule has 0 aliphatic carbocycles. The van der Waals surface area contributed by atoms with Gasteiger partial charge in [-0.3, -0.25) is 9.69 Å². The number of hydrogen-bond acceptors (Lipinski definition) is 4. The van der Waals surface area contributed by atoms with Gasteiger partial charge in [0.1, 0.15) is 5.58 Å². The molecule has 146 valence electrons. The van der Waals surface area contributed by atoms with Crippen molar-refractivity contribution in [2.45, 2.75) is 25.3 Å². The van der Waals surface area contributed by atoms with Gasteiger partial charge in [0.2, 0.25) is 5.78 Å². The first-order chi connectivity index (χ1) is 13.7. The molecule has 2 aromatic carbocycles. The second-order valence-electron chi connectivity index (χ2n) is 7.34. The molecule has 2 heterocycles. The van der Waals surface area contributed by atoms with Crippen molar-refractivity contribution in [3.8, 4) is 0 Å². The minimum absolute atomic E-state index is 0.0345. The zero-order chi connectivity index (χ0) is 19.3. The van der Waals surface area contributed by atoms with E-state index in [1.165, 1.54) is 19.3 Å². The van der Waals surface area contributed by atoms with Crippen LogP contribution in [0, 0.1) is 0 Å². The number of rotatable bonds is 7. The number of nitrogens with zero attached hydrogens (tertiary/aromatic N) is 1. The number of para-hydroxylation sites is 1. The molecule has 1 aliphatic rings. The minimum atomic E-state index is -0.0345. The second kappa shape index (κ2) is 8.91. The summed E-state index contributed by atoms with van der Waals surface area (Å²) in [5.41, 5.74) is 1.86. The number of nitrogens with one attached hydrogen (secondary N) is 1. The van der Waals surface area contributed by atoms with Crippen molar-refractivity contribution in [2.24, 2.45) is 0 Å². The van der Waals surface area contributed by atoms with E-state index in [4.69, 9.17) is 16.0 Å². The van der Waals surface area contributed by atoms with Crippen LogP contribution in [0.5, 0.6) is 0 Å². The summed E-state index contributed by atoms with van der Waals surface area (Å²) in [7, 11) is 0. The molecular weight excluding hydrogens is 372 g/mol. The number of piperidine rings is 1. The molecule has 1 atom stereocenters. The van der Waals surface area contributed by atoms with E-state index in [1.807, 2.05) is 48.5 Å². The summed E-state index contributed by atoms with van der Waals surface area (Å²) in [5.74, 6) is 0.369. The number of ketones is 1. The molecule has 0 spiro atoms.